The normalized spacial score (nSPS) is 10.1. The number of amides is 1. The highest BCUT2D eigenvalue weighted by Crippen LogP contribution is 2.08. The predicted octanol–water partition coefficient (Wildman–Crippen LogP) is 2.49. The zero-order chi connectivity index (χ0) is 15.2. The second kappa shape index (κ2) is 6.99. The lowest BCUT2D eigenvalue weighted by molar-refractivity contribution is -0.120. The van der Waals surface area contributed by atoms with E-state index >= 15 is 0 Å². The minimum atomic E-state index is 0.00466. The average Bonchev–Trinajstić information content (AvgIpc) is 2.48. The number of hydrogen-bond donors (Lipinski definition) is 2. The number of nitrogens with two attached hydrogens (primary N) is 1. The summed E-state index contributed by atoms with van der Waals surface area (Å²) in [7, 11) is 0. The third-order valence-electron chi connectivity index (χ3n) is 3.31. The van der Waals surface area contributed by atoms with Gasteiger partial charge in [-0.15, -0.1) is 0 Å². The molecule has 3 nitrogen and oxygen atoms in total. The summed E-state index contributed by atoms with van der Waals surface area (Å²) in [5.74, 6) is 0.00466. The van der Waals surface area contributed by atoms with Gasteiger partial charge in [0.1, 0.15) is 4.99 Å². The monoisotopic (exact) mass is 298 g/mol. The predicted molar refractivity (Wildman–Crippen MR) is 89.1 cm³/mol. The summed E-state index contributed by atoms with van der Waals surface area (Å²) in [5, 5.41) is 2.92. The van der Waals surface area contributed by atoms with Crippen molar-refractivity contribution in [2.75, 3.05) is 0 Å². The topological polar surface area (TPSA) is 55.1 Å². The van der Waals surface area contributed by atoms with E-state index in [1.807, 2.05) is 55.5 Å². The first-order valence-electron chi connectivity index (χ1n) is 6.76. The number of hydrogen-bond acceptors (Lipinski definition) is 2. The minimum absolute atomic E-state index is 0.00466. The maximum Gasteiger partial charge on any atom is 0.224 e. The molecule has 0 aliphatic rings. The highest BCUT2D eigenvalue weighted by Gasteiger charge is 2.06. The molecule has 108 valence electrons. The van der Waals surface area contributed by atoms with Crippen LogP contribution in [-0.2, 0) is 17.8 Å². The molecule has 0 aromatic heterocycles. The Kier molecular flexibility index (Phi) is 5.06. The molecule has 0 saturated carbocycles. The number of aryl methyl sites for hydroxylation is 1. The molecule has 0 aliphatic carbocycles. The smallest absolute Gasteiger partial charge is 0.224 e. The molecule has 0 heterocycles. The van der Waals surface area contributed by atoms with Crippen LogP contribution in [0, 0.1) is 6.92 Å². The van der Waals surface area contributed by atoms with E-state index in [-0.39, 0.29) is 5.91 Å². The zero-order valence-corrected chi connectivity index (χ0v) is 12.7. The van der Waals surface area contributed by atoms with E-state index in [0.29, 0.717) is 18.0 Å². The van der Waals surface area contributed by atoms with Crippen LogP contribution in [0.4, 0.5) is 0 Å². The van der Waals surface area contributed by atoms with Crippen molar-refractivity contribution in [2.45, 2.75) is 19.9 Å². The average molecular weight is 298 g/mol. The van der Waals surface area contributed by atoms with Crippen LogP contribution in [0.2, 0.25) is 0 Å². The molecule has 0 saturated heterocycles. The van der Waals surface area contributed by atoms with Crippen molar-refractivity contribution in [3.05, 3.63) is 70.8 Å². The summed E-state index contributed by atoms with van der Waals surface area (Å²) < 4.78 is 0. The van der Waals surface area contributed by atoms with Crippen LogP contribution >= 0.6 is 12.2 Å². The van der Waals surface area contributed by atoms with E-state index < -0.39 is 0 Å². The lowest BCUT2D eigenvalue weighted by Crippen LogP contribution is -2.25. The van der Waals surface area contributed by atoms with Gasteiger partial charge in [-0.25, -0.2) is 0 Å². The second-order valence-electron chi connectivity index (χ2n) is 4.94. The van der Waals surface area contributed by atoms with Gasteiger partial charge in [-0.2, -0.15) is 0 Å². The van der Waals surface area contributed by atoms with Crippen LogP contribution in [0.15, 0.2) is 48.5 Å². The van der Waals surface area contributed by atoms with Crippen LogP contribution in [0.5, 0.6) is 0 Å². The van der Waals surface area contributed by atoms with Gasteiger partial charge in [-0.1, -0.05) is 54.7 Å². The van der Waals surface area contributed by atoms with Crippen molar-refractivity contribution in [1.82, 2.24) is 5.32 Å². The van der Waals surface area contributed by atoms with Crippen molar-refractivity contribution in [1.29, 1.82) is 0 Å². The summed E-state index contributed by atoms with van der Waals surface area (Å²) in [5.41, 5.74) is 9.58. The maximum atomic E-state index is 12.0. The van der Waals surface area contributed by atoms with Gasteiger partial charge in [0, 0.05) is 12.1 Å². The summed E-state index contributed by atoms with van der Waals surface area (Å²) in [6, 6.07) is 15.5. The Morgan fingerprint density at radius 2 is 1.95 bits per heavy atom. The van der Waals surface area contributed by atoms with Gasteiger partial charge in [-0.05, 0) is 29.7 Å². The van der Waals surface area contributed by atoms with Crippen molar-refractivity contribution < 1.29 is 4.79 Å². The van der Waals surface area contributed by atoms with Crippen molar-refractivity contribution >= 4 is 23.1 Å². The summed E-state index contributed by atoms with van der Waals surface area (Å²) >= 11 is 4.95. The third-order valence-corrected chi connectivity index (χ3v) is 3.55. The van der Waals surface area contributed by atoms with E-state index in [9.17, 15) is 4.79 Å². The Bertz CT molecular complexity index is 667. The number of nitrogens with one attached hydrogen (secondary N) is 1. The highest BCUT2D eigenvalue weighted by molar-refractivity contribution is 7.80. The lowest BCUT2D eigenvalue weighted by Gasteiger charge is -2.08. The molecular weight excluding hydrogens is 280 g/mol. The largest absolute Gasteiger partial charge is 0.389 e. The van der Waals surface area contributed by atoms with E-state index in [4.69, 9.17) is 18.0 Å². The van der Waals surface area contributed by atoms with Gasteiger partial charge in [0.05, 0.1) is 6.42 Å². The molecule has 0 radical (unpaired) electrons. The molecule has 0 spiro atoms. The molecule has 2 aromatic carbocycles. The summed E-state index contributed by atoms with van der Waals surface area (Å²) in [6.45, 7) is 2.48. The SMILES string of the molecule is Cc1ccccc1CC(=O)NCc1cccc(C(N)=S)c1. The van der Waals surface area contributed by atoms with Crippen molar-refractivity contribution in [2.24, 2.45) is 5.73 Å². The Morgan fingerprint density at radius 3 is 2.67 bits per heavy atom. The van der Waals surface area contributed by atoms with Gasteiger partial charge in [0.2, 0.25) is 5.91 Å². The fraction of sp³-hybridized carbons (Fsp3) is 0.176. The number of thiocarbonyl (C=S) groups is 1. The second-order valence-corrected chi connectivity index (χ2v) is 5.38. The fourth-order valence-corrected chi connectivity index (χ4v) is 2.21. The van der Waals surface area contributed by atoms with Crippen molar-refractivity contribution in [3.63, 3.8) is 0 Å². The number of benzene rings is 2. The molecule has 0 atom stereocenters. The van der Waals surface area contributed by atoms with Gasteiger partial charge < -0.3 is 11.1 Å². The molecule has 3 N–H and O–H groups in total. The fourth-order valence-electron chi connectivity index (χ4n) is 2.08. The molecule has 2 aromatic rings. The number of carbonyl (C=O) groups is 1. The first-order chi connectivity index (χ1) is 10.1. The third kappa shape index (κ3) is 4.39. The number of rotatable bonds is 5. The van der Waals surface area contributed by atoms with Gasteiger partial charge in [0.15, 0.2) is 0 Å². The quantitative estimate of drug-likeness (QED) is 0.834. The van der Waals surface area contributed by atoms with E-state index in [1.54, 1.807) is 0 Å². The molecule has 0 unspecified atom stereocenters. The van der Waals surface area contributed by atoms with Crippen molar-refractivity contribution in [3.8, 4) is 0 Å². The molecule has 4 heteroatoms. The van der Waals surface area contributed by atoms with E-state index in [2.05, 4.69) is 5.32 Å². The molecular formula is C17H18N2OS. The molecule has 2 rings (SSSR count). The molecule has 0 fully saturated rings. The maximum absolute atomic E-state index is 12.0. The summed E-state index contributed by atoms with van der Waals surface area (Å²) in [4.78, 5) is 12.4. The van der Waals surface area contributed by atoms with Gasteiger partial charge >= 0.3 is 0 Å². The van der Waals surface area contributed by atoms with Gasteiger partial charge in [0.25, 0.3) is 0 Å². The summed E-state index contributed by atoms with van der Waals surface area (Å²) in [6.07, 6.45) is 0.391. The lowest BCUT2D eigenvalue weighted by atomic mass is 10.1. The molecule has 21 heavy (non-hydrogen) atoms. The first-order valence-corrected chi connectivity index (χ1v) is 7.17. The van der Waals surface area contributed by atoms with Crippen LogP contribution in [0.1, 0.15) is 22.3 Å². The van der Waals surface area contributed by atoms with Crippen LogP contribution in [0.25, 0.3) is 0 Å². The van der Waals surface area contributed by atoms with Crippen LogP contribution < -0.4 is 11.1 Å². The zero-order valence-electron chi connectivity index (χ0n) is 11.9. The van der Waals surface area contributed by atoms with Crippen LogP contribution in [-0.4, -0.2) is 10.9 Å². The standard InChI is InChI=1S/C17H18N2OS/c1-12-5-2-3-7-14(12)10-16(20)19-11-13-6-4-8-15(9-13)17(18)21/h2-9H,10-11H2,1H3,(H2,18,21)(H,19,20). The van der Waals surface area contributed by atoms with E-state index in [0.717, 1.165) is 22.3 Å². The Labute approximate surface area is 130 Å². The van der Waals surface area contributed by atoms with Gasteiger partial charge in [-0.3, -0.25) is 4.79 Å². The highest BCUT2D eigenvalue weighted by atomic mass is 32.1. The first kappa shape index (κ1) is 15.2. The Morgan fingerprint density at radius 1 is 1.19 bits per heavy atom. The number of carbonyl (C=O) groups excluding carboxylic acids is 1. The Hall–Kier alpha value is -2.20. The van der Waals surface area contributed by atoms with Crippen LogP contribution in [0.3, 0.4) is 0 Å². The molecule has 1 amide bonds. The van der Waals surface area contributed by atoms with E-state index in [1.165, 1.54) is 0 Å². The Balaban J connectivity index is 1.94. The molecule has 0 aliphatic heterocycles. The molecule has 0 bridgehead atoms. The minimum Gasteiger partial charge on any atom is -0.389 e.